The summed E-state index contributed by atoms with van der Waals surface area (Å²) in [7, 11) is 0. The Morgan fingerprint density at radius 2 is 2.40 bits per heavy atom. The molecule has 10 heavy (non-hydrogen) atoms. The zero-order valence-corrected chi connectivity index (χ0v) is 6.90. The van der Waals surface area contributed by atoms with Crippen molar-refractivity contribution in [3.05, 3.63) is 17.0 Å². The molecule has 1 N–H and O–H groups in total. The Labute approximate surface area is 71.1 Å². The van der Waals surface area contributed by atoms with Crippen molar-refractivity contribution in [3.8, 4) is 0 Å². The van der Waals surface area contributed by atoms with Gasteiger partial charge in [-0.3, -0.25) is 0 Å². The monoisotopic (exact) mass is 133 g/mol. The van der Waals surface area contributed by atoms with Crippen LogP contribution in [0.4, 0.5) is 0 Å². The summed E-state index contributed by atoms with van der Waals surface area (Å²) in [5.41, 5.74) is 0.913. The van der Waals surface area contributed by atoms with Crippen LogP contribution in [0, 0.1) is 5.21 Å². The van der Waals surface area contributed by atoms with Gasteiger partial charge in [0.1, 0.15) is 0 Å². The summed E-state index contributed by atoms with van der Waals surface area (Å²) in [6, 6.07) is 0. The maximum absolute atomic E-state index is 11.4. The third kappa shape index (κ3) is 1.30. The fraction of sp³-hybridized carbons (Fsp3) is 0.714. The van der Waals surface area contributed by atoms with E-state index >= 15 is 0 Å². The standard InChI is InChI=1S/C7H12NO.Li/c1-6-4-5-7(2,3)8(6)9;/h4,8H,1,5H2,2-3H3;. The first-order valence-electron chi connectivity index (χ1n) is 3.82. The molecule has 0 saturated heterocycles. The SMILES string of the molecule is [Li][CH2]C1=CCC(C)(C)[NH+]1[O-]. The van der Waals surface area contributed by atoms with Crippen LogP contribution in [0.2, 0.25) is 5.09 Å². The predicted molar refractivity (Wildman–Crippen MR) is 41.7 cm³/mol. The van der Waals surface area contributed by atoms with Gasteiger partial charge in [0.05, 0.1) is 0 Å². The molecule has 0 aromatic heterocycles. The normalized spacial score (nSPS) is 30.5. The van der Waals surface area contributed by atoms with E-state index in [1.54, 1.807) is 0 Å². The first kappa shape index (κ1) is 8.35. The van der Waals surface area contributed by atoms with Crippen LogP contribution in [0.25, 0.3) is 0 Å². The Morgan fingerprint density at radius 1 is 1.80 bits per heavy atom. The summed E-state index contributed by atoms with van der Waals surface area (Å²) in [6.45, 7) is 4.02. The molecular weight excluding hydrogens is 121 g/mol. The van der Waals surface area contributed by atoms with Gasteiger partial charge in [-0.25, -0.2) is 0 Å². The third-order valence-corrected chi connectivity index (χ3v) is 2.15. The van der Waals surface area contributed by atoms with Crippen LogP contribution >= 0.6 is 0 Å². The van der Waals surface area contributed by atoms with Crippen LogP contribution < -0.4 is 5.06 Å². The van der Waals surface area contributed by atoms with Crippen LogP contribution in [-0.2, 0) is 0 Å². The average Bonchev–Trinajstić information content (AvgIpc) is 2.10. The molecule has 3 heteroatoms. The minimum atomic E-state index is -0.106. The van der Waals surface area contributed by atoms with Gasteiger partial charge in [0.25, 0.3) is 0 Å². The van der Waals surface area contributed by atoms with Gasteiger partial charge in [-0.15, -0.1) is 0 Å². The van der Waals surface area contributed by atoms with Crippen molar-refractivity contribution in [1.82, 2.24) is 0 Å². The quantitative estimate of drug-likeness (QED) is 0.396. The van der Waals surface area contributed by atoms with Crippen LogP contribution in [0.1, 0.15) is 20.3 Å². The molecule has 0 amide bonds. The van der Waals surface area contributed by atoms with Crippen molar-refractivity contribution < 1.29 is 5.06 Å². The first-order chi connectivity index (χ1) is 4.58. The van der Waals surface area contributed by atoms with E-state index in [0.29, 0.717) is 5.06 Å². The molecule has 0 spiro atoms. The Bertz CT molecular complexity index is 165. The van der Waals surface area contributed by atoms with Gasteiger partial charge in [-0.2, -0.15) is 0 Å². The summed E-state index contributed by atoms with van der Waals surface area (Å²) in [6.07, 6.45) is 3.00. The van der Waals surface area contributed by atoms with E-state index in [4.69, 9.17) is 0 Å². The molecule has 1 unspecified atom stereocenters. The molecule has 1 aliphatic rings. The summed E-state index contributed by atoms with van der Waals surface area (Å²) in [5.74, 6) is 0. The molecule has 1 heterocycles. The van der Waals surface area contributed by atoms with E-state index in [1.807, 2.05) is 31.6 Å². The van der Waals surface area contributed by atoms with Crippen LogP contribution in [0.15, 0.2) is 11.8 Å². The van der Waals surface area contributed by atoms with Gasteiger partial charge in [0.15, 0.2) is 0 Å². The summed E-state index contributed by atoms with van der Waals surface area (Å²) in [4.78, 5) is 0. The molecule has 0 saturated carbocycles. The number of allylic oxidation sites excluding steroid dienone is 1. The topological polar surface area (TPSA) is 27.5 Å². The Balaban J connectivity index is 2.69. The summed E-state index contributed by atoms with van der Waals surface area (Å²) >= 11 is 2.03. The molecule has 52 valence electrons. The zero-order chi connectivity index (χ0) is 7.78. The fourth-order valence-corrected chi connectivity index (χ4v) is 1.30. The molecule has 1 rings (SSSR count). The van der Waals surface area contributed by atoms with Crippen molar-refractivity contribution in [1.29, 1.82) is 0 Å². The van der Waals surface area contributed by atoms with Crippen molar-refractivity contribution in [2.45, 2.75) is 30.9 Å². The summed E-state index contributed by atoms with van der Waals surface area (Å²) in [5, 5.41) is 12.6. The molecule has 0 aliphatic carbocycles. The Hall–Kier alpha value is 0.257. The Kier molecular flexibility index (Phi) is 2.27. The predicted octanol–water partition coefficient (Wildman–Crippen LogP) is 0.0221. The Morgan fingerprint density at radius 3 is 2.60 bits per heavy atom. The minimum absolute atomic E-state index is 0.106. The number of hydrogen-bond donors (Lipinski definition) is 1. The second kappa shape index (κ2) is 2.71. The van der Waals surface area contributed by atoms with Crippen molar-refractivity contribution >= 4 is 17.7 Å². The van der Waals surface area contributed by atoms with Gasteiger partial charge in [-0.05, 0) is 0 Å². The molecule has 1 aliphatic heterocycles. The number of hydroxylamine groups is 2. The van der Waals surface area contributed by atoms with E-state index in [-0.39, 0.29) is 5.54 Å². The number of hydrogen-bond acceptors (Lipinski definition) is 1. The fourth-order valence-electron chi connectivity index (χ4n) is 1.30. The number of rotatable bonds is 1. The van der Waals surface area contributed by atoms with Crippen LogP contribution in [0.5, 0.6) is 0 Å². The van der Waals surface area contributed by atoms with Gasteiger partial charge >= 0.3 is 70.7 Å². The third-order valence-electron chi connectivity index (χ3n) is 2.15. The molecule has 0 fully saturated rings. The first-order valence-corrected chi connectivity index (χ1v) is 3.82. The van der Waals surface area contributed by atoms with E-state index in [2.05, 4.69) is 6.08 Å². The van der Waals surface area contributed by atoms with Crippen molar-refractivity contribution in [2.75, 3.05) is 0 Å². The molecule has 0 radical (unpaired) electrons. The van der Waals surface area contributed by atoms with Crippen molar-refractivity contribution in [2.24, 2.45) is 0 Å². The molecule has 0 aromatic carbocycles. The second-order valence-electron chi connectivity index (χ2n) is 3.50. The van der Waals surface area contributed by atoms with Crippen LogP contribution in [-0.4, -0.2) is 23.3 Å². The van der Waals surface area contributed by atoms with Crippen molar-refractivity contribution in [3.63, 3.8) is 0 Å². The summed E-state index contributed by atoms with van der Waals surface area (Å²) < 4.78 is 0. The van der Waals surface area contributed by atoms with Gasteiger partial charge in [-0.1, -0.05) is 0 Å². The van der Waals surface area contributed by atoms with E-state index in [1.165, 1.54) is 0 Å². The number of nitrogens with one attached hydrogen (secondary N) is 1. The van der Waals surface area contributed by atoms with E-state index in [9.17, 15) is 5.21 Å². The molecule has 1 atom stereocenters. The maximum atomic E-state index is 11.4. The molecule has 0 aromatic rings. The second-order valence-corrected chi connectivity index (χ2v) is 3.50. The molecule has 0 bridgehead atoms. The van der Waals surface area contributed by atoms with Crippen LogP contribution in [0.3, 0.4) is 0 Å². The number of quaternary nitrogens is 1. The van der Waals surface area contributed by atoms with E-state index < -0.39 is 0 Å². The van der Waals surface area contributed by atoms with Gasteiger partial charge in [0.2, 0.25) is 0 Å². The average molecular weight is 133 g/mol. The van der Waals surface area contributed by atoms with Gasteiger partial charge in [0, 0.05) is 0 Å². The van der Waals surface area contributed by atoms with E-state index in [0.717, 1.165) is 17.2 Å². The molecule has 2 nitrogen and oxygen atoms in total. The zero-order valence-electron chi connectivity index (χ0n) is 6.90. The van der Waals surface area contributed by atoms with Gasteiger partial charge < -0.3 is 0 Å². The molecular formula is C7H12LiNO.